The number of hydrogen-bond acceptors (Lipinski definition) is 8. The maximum Gasteiger partial charge on any atom is 0.249 e. The second-order valence-electron chi connectivity index (χ2n) is 5.74. The van der Waals surface area contributed by atoms with Crippen LogP contribution in [0, 0.1) is 0 Å². The Kier molecular flexibility index (Phi) is 5.90. The smallest absolute Gasteiger partial charge is 0.249 e. The van der Waals surface area contributed by atoms with Gasteiger partial charge >= 0.3 is 0 Å². The number of ketones is 1. The average molecular weight is 400 g/mol. The maximum absolute atomic E-state index is 11.5. The van der Waals surface area contributed by atoms with Gasteiger partial charge in [0.25, 0.3) is 0 Å². The Hall–Kier alpha value is -3.39. The number of anilines is 4. The highest BCUT2D eigenvalue weighted by molar-refractivity contribution is 6.32. The molecule has 0 radical (unpaired) electrons. The molecule has 144 valence electrons. The summed E-state index contributed by atoms with van der Waals surface area (Å²) in [5, 5.41) is 14.5. The van der Waals surface area contributed by atoms with Crippen LogP contribution in [0.5, 0.6) is 11.5 Å². The normalized spacial score (nSPS) is 10.3. The van der Waals surface area contributed by atoms with Gasteiger partial charge in [0, 0.05) is 23.4 Å². The van der Waals surface area contributed by atoms with Gasteiger partial charge in [-0.15, -0.1) is 5.10 Å². The molecule has 3 rings (SSSR count). The first-order valence-electron chi connectivity index (χ1n) is 8.26. The zero-order valence-corrected chi connectivity index (χ0v) is 16.2. The van der Waals surface area contributed by atoms with Gasteiger partial charge in [-0.3, -0.25) is 4.79 Å². The summed E-state index contributed by atoms with van der Waals surface area (Å²) in [5.74, 6) is 1.67. The molecule has 0 saturated heterocycles. The van der Waals surface area contributed by atoms with E-state index in [1.807, 2.05) is 6.07 Å². The molecule has 0 saturated carbocycles. The number of aromatic nitrogens is 3. The lowest BCUT2D eigenvalue weighted by Crippen LogP contribution is -2.04. The zero-order chi connectivity index (χ0) is 20.1. The molecule has 1 aromatic heterocycles. The summed E-state index contributed by atoms with van der Waals surface area (Å²) in [4.78, 5) is 15.9. The van der Waals surface area contributed by atoms with Crippen LogP contribution in [0.3, 0.4) is 0 Å². The van der Waals surface area contributed by atoms with Gasteiger partial charge < -0.3 is 20.1 Å². The van der Waals surface area contributed by atoms with E-state index >= 15 is 0 Å². The Morgan fingerprint density at radius 3 is 2.57 bits per heavy atom. The Bertz CT molecular complexity index is 1010. The van der Waals surface area contributed by atoms with Crippen molar-refractivity contribution >= 4 is 40.5 Å². The monoisotopic (exact) mass is 399 g/mol. The number of Topliss-reactive ketones (excluding diaryl/α,β-unsaturated/α-hetero) is 1. The van der Waals surface area contributed by atoms with Crippen LogP contribution in [0.25, 0.3) is 0 Å². The second kappa shape index (κ2) is 8.53. The second-order valence-corrected chi connectivity index (χ2v) is 6.15. The number of carbonyl (C=O) groups is 1. The molecule has 9 heteroatoms. The van der Waals surface area contributed by atoms with Crippen LogP contribution < -0.4 is 20.1 Å². The van der Waals surface area contributed by atoms with Crippen LogP contribution >= 0.6 is 11.6 Å². The minimum atomic E-state index is -0.0180. The molecule has 0 unspecified atom stereocenters. The van der Waals surface area contributed by atoms with Crippen molar-refractivity contribution in [1.29, 1.82) is 0 Å². The van der Waals surface area contributed by atoms with Crippen LogP contribution in [0.4, 0.5) is 23.1 Å². The van der Waals surface area contributed by atoms with Crippen molar-refractivity contribution in [2.24, 2.45) is 0 Å². The number of nitrogens with zero attached hydrogens (tertiary/aromatic N) is 3. The van der Waals surface area contributed by atoms with Crippen LogP contribution in [0.1, 0.15) is 17.3 Å². The Balaban J connectivity index is 1.84. The van der Waals surface area contributed by atoms with E-state index in [9.17, 15) is 4.79 Å². The average Bonchev–Trinajstić information content (AvgIpc) is 2.69. The number of rotatable bonds is 7. The van der Waals surface area contributed by atoms with E-state index in [0.717, 1.165) is 0 Å². The molecule has 0 aliphatic heterocycles. The van der Waals surface area contributed by atoms with E-state index in [4.69, 9.17) is 21.1 Å². The summed E-state index contributed by atoms with van der Waals surface area (Å²) < 4.78 is 10.6. The molecule has 0 amide bonds. The van der Waals surface area contributed by atoms with Gasteiger partial charge in [-0.25, -0.2) is 0 Å². The number of carbonyl (C=O) groups excluding carboxylic acids is 1. The van der Waals surface area contributed by atoms with Gasteiger partial charge in [0.05, 0.1) is 31.1 Å². The van der Waals surface area contributed by atoms with Gasteiger partial charge in [-0.1, -0.05) is 23.7 Å². The van der Waals surface area contributed by atoms with Gasteiger partial charge in [0.1, 0.15) is 11.5 Å². The zero-order valence-electron chi connectivity index (χ0n) is 15.5. The molecular formula is C19H18ClN5O3. The largest absolute Gasteiger partial charge is 0.495 e. The van der Waals surface area contributed by atoms with Crippen molar-refractivity contribution in [2.75, 3.05) is 24.9 Å². The molecule has 0 atom stereocenters. The van der Waals surface area contributed by atoms with Crippen LogP contribution in [0.15, 0.2) is 42.6 Å². The Labute approximate surface area is 166 Å². The third-order valence-electron chi connectivity index (χ3n) is 3.82. The molecule has 0 aliphatic rings. The highest BCUT2D eigenvalue weighted by Crippen LogP contribution is 2.36. The Morgan fingerprint density at radius 2 is 1.86 bits per heavy atom. The summed E-state index contributed by atoms with van der Waals surface area (Å²) in [5.41, 5.74) is 1.88. The number of hydrogen-bond donors (Lipinski definition) is 2. The first-order valence-corrected chi connectivity index (χ1v) is 8.64. The fraction of sp³-hybridized carbons (Fsp3) is 0.158. The maximum atomic E-state index is 11.5. The Morgan fingerprint density at radius 1 is 1.07 bits per heavy atom. The van der Waals surface area contributed by atoms with Crippen molar-refractivity contribution in [2.45, 2.75) is 6.92 Å². The van der Waals surface area contributed by atoms with E-state index in [1.54, 1.807) is 30.3 Å². The molecule has 0 fully saturated rings. The van der Waals surface area contributed by atoms with Gasteiger partial charge in [-0.2, -0.15) is 10.1 Å². The first kappa shape index (κ1) is 19.4. The number of halogens is 1. The quantitative estimate of drug-likeness (QED) is 0.569. The summed E-state index contributed by atoms with van der Waals surface area (Å²) in [6.45, 7) is 1.52. The third-order valence-corrected chi connectivity index (χ3v) is 4.12. The standard InChI is InChI=1S/C19H18ClN5O3/c1-11(26)12-5-4-6-13(7-12)22-18-10-21-25-19(24-18)23-15-9-16(27-2)14(20)8-17(15)28-3/h4-10H,1-3H3,(H2,22,23,24,25). The van der Waals surface area contributed by atoms with E-state index in [-0.39, 0.29) is 11.7 Å². The van der Waals surface area contributed by atoms with Crippen LogP contribution in [-0.4, -0.2) is 35.2 Å². The lowest BCUT2D eigenvalue weighted by Gasteiger charge is -2.13. The van der Waals surface area contributed by atoms with Crippen molar-refractivity contribution < 1.29 is 14.3 Å². The topological polar surface area (TPSA) is 98.3 Å². The highest BCUT2D eigenvalue weighted by Gasteiger charge is 2.12. The molecule has 1 heterocycles. The fourth-order valence-electron chi connectivity index (χ4n) is 2.46. The lowest BCUT2D eigenvalue weighted by atomic mass is 10.1. The van der Waals surface area contributed by atoms with Gasteiger partial charge in [0.2, 0.25) is 5.95 Å². The molecule has 28 heavy (non-hydrogen) atoms. The van der Waals surface area contributed by atoms with E-state index in [2.05, 4.69) is 25.8 Å². The minimum Gasteiger partial charge on any atom is -0.495 e. The van der Waals surface area contributed by atoms with Crippen molar-refractivity contribution in [1.82, 2.24) is 15.2 Å². The number of nitrogens with one attached hydrogen (secondary N) is 2. The SMILES string of the molecule is COc1cc(Nc2nncc(Nc3cccc(C(C)=O)c3)n2)c(OC)cc1Cl. The molecule has 2 aromatic carbocycles. The molecule has 0 bridgehead atoms. The molecule has 2 N–H and O–H groups in total. The van der Waals surface area contributed by atoms with Gasteiger partial charge in [-0.05, 0) is 19.1 Å². The van der Waals surface area contributed by atoms with Crippen molar-refractivity contribution in [3.05, 3.63) is 53.2 Å². The van der Waals surface area contributed by atoms with E-state index in [1.165, 1.54) is 27.3 Å². The lowest BCUT2D eigenvalue weighted by molar-refractivity contribution is 0.101. The third kappa shape index (κ3) is 4.47. The highest BCUT2D eigenvalue weighted by atomic mass is 35.5. The predicted molar refractivity (Wildman–Crippen MR) is 107 cm³/mol. The predicted octanol–water partition coefficient (Wildman–Crippen LogP) is 4.23. The van der Waals surface area contributed by atoms with E-state index in [0.29, 0.717) is 39.3 Å². The van der Waals surface area contributed by atoms with Gasteiger partial charge in [0.15, 0.2) is 11.6 Å². The van der Waals surface area contributed by atoms with Crippen molar-refractivity contribution in [3.8, 4) is 11.5 Å². The van der Waals surface area contributed by atoms with Crippen LogP contribution in [-0.2, 0) is 0 Å². The molecule has 0 aliphatic carbocycles. The number of benzene rings is 2. The summed E-state index contributed by atoms with van der Waals surface area (Å²) in [6.07, 6.45) is 1.48. The molecule has 0 spiro atoms. The minimum absolute atomic E-state index is 0.0180. The first-order chi connectivity index (χ1) is 13.5. The summed E-state index contributed by atoms with van der Waals surface area (Å²) in [7, 11) is 3.05. The fourth-order valence-corrected chi connectivity index (χ4v) is 2.69. The molecule has 3 aromatic rings. The number of ether oxygens (including phenoxy) is 2. The van der Waals surface area contributed by atoms with Crippen LogP contribution in [0.2, 0.25) is 5.02 Å². The molecule has 8 nitrogen and oxygen atoms in total. The summed E-state index contributed by atoms with van der Waals surface area (Å²) >= 11 is 6.12. The van der Waals surface area contributed by atoms with Crippen molar-refractivity contribution in [3.63, 3.8) is 0 Å². The van der Waals surface area contributed by atoms with E-state index < -0.39 is 0 Å². The number of methoxy groups -OCH3 is 2. The summed E-state index contributed by atoms with van der Waals surface area (Å²) in [6, 6.07) is 10.4. The molecular weight excluding hydrogens is 382 g/mol.